The maximum absolute atomic E-state index is 12.8. The first kappa shape index (κ1) is 14.7. The summed E-state index contributed by atoms with van der Waals surface area (Å²) < 4.78 is 0.119. The molecule has 0 N–H and O–H groups in total. The van der Waals surface area contributed by atoms with E-state index in [1.54, 1.807) is 11.3 Å². The van der Waals surface area contributed by atoms with Gasteiger partial charge in [0.15, 0.2) is 0 Å². The quantitative estimate of drug-likeness (QED) is 0.490. The highest BCUT2D eigenvalue weighted by Gasteiger charge is 2.40. The molecule has 0 amide bonds. The van der Waals surface area contributed by atoms with Crippen LogP contribution in [0.3, 0.4) is 0 Å². The molecule has 1 aliphatic heterocycles. The van der Waals surface area contributed by atoms with Crippen molar-refractivity contribution < 1.29 is 4.79 Å². The van der Waals surface area contributed by atoms with Gasteiger partial charge in [-0.15, -0.1) is 11.3 Å². The number of halogens is 2. The molecule has 0 saturated carbocycles. The van der Waals surface area contributed by atoms with Crippen LogP contribution in [0.15, 0.2) is 24.3 Å². The fraction of sp³-hybridized carbons (Fsp3) is 0.267. The topological polar surface area (TPSA) is 17.1 Å². The van der Waals surface area contributed by atoms with Crippen molar-refractivity contribution >= 4 is 67.4 Å². The number of ketones is 1. The molecule has 104 valence electrons. The van der Waals surface area contributed by atoms with Gasteiger partial charge >= 0.3 is 0 Å². The summed E-state index contributed by atoms with van der Waals surface area (Å²) in [6.45, 7) is 6.71. The minimum absolute atomic E-state index is 0.119. The highest BCUT2D eigenvalue weighted by atomic mass is 79.9. The second-order valence-corrected chi connectivity index (χ2v) is 14.2. The van der Waals surface area contributed by atoms with E-state index < -0.39 is 8.07 Å². The summed E-state index contributed by atoms with van der Waals surface area (Å²) in [5.41, 5.74) is 2.07. The lowest BCUT2D eigenvalue weighted by Crippen LogP contribution is -2.58. The van der Waals surface area contributed by atoms with Gasteiger partial charge in [0.05, 0.1) is 4.88 Å². The summed E-state index contributed by atoms with van der Waals surface area (Å²) in [5.74, 6) is 0.197. The summed E-state index contributed by atoms with van der Waals surface area (Å²) in [6, 6.07) is 8.54. The van der Waals surface area contributed by atoms with Crippen LogP contribution in [0, 0.1) is 6.92 Å². The number of benzene rings is 1. The van der Waals surface area contributed by atoms with Crippen LogP contribution in [0.2, 0.25) is 13.1 Å². The summed E-state index contributed by atoms with van der Waals surface area (Å²) in [7, 11) is -1.77. The van der Waals surface area contributed by atoms with E-state index in [1.807, 2.05) is 6.92 Å². The molecule has 1 aromatic heterocycles. The Balaban J connectivity index is 2.29. The van der Waals surface area contributed by atoms with Crippen molar-refractivity contribution in [3.8, 4) is 0 Å². The standard InChI is InChI=1S/C15H14Br2OSSi/c1-8-4-5-11-9(6-8)13(18)14-12(20(11,2)3)7-10(19-14)15(16)17/h4-7,15H,1-3H3. The lowest BCUT2D eigenvalue weighted by atomic mass is 10.1. The van der Waals surface area contributed by atoms with Crippen LogP contribution < -0.4 is 10.4 Å². The summed E-state index contributed by atoms with van der Waals surface area (Å²) in [5, 5.41) is 2.55. The Morgan fingerprint density at radius 2 is 1.85 bits per heavy atom. The molecule has 5 heteroatoms. The van der Waals surface area contributed by atoms with E-state index in [4.69, 9.17) is 0 Å². The van der Waals surface area contributed by atoms with Gasteiger partial charge in [0.25, 0.3) is 0 Å². The lowest BCUT2D eigenvalue weighted by molar-refractivity contribution is 0.104. The third kappa shape index (κ3) is 2.10. The van der Waals surface area contributed by atoms with Crippen LogP contribution in [0.5, 0.6) is 0 Å². The van der Waals surface area contributed by atoms with E-state index in [2.05, 4.69) is 69.2 Å². The molecule has 0 bridgehead atoms. The summed E-state index contributed by atoms with van der Waals surface area (Å²) in [4.78, 5) is 14.9. The van der Waals surface area contributed by atoms with Gasteiger partial charge in [-0.2, -0.15) is 0 Å². The van der Waals surface area contributed by atoms with Gasteiger partial charge in [0.2, 0.25) is 5.78 Å². The predicted octanol–water partition coefficient (Wildman–Crippen LogP) is 4.21. The first-order valence-corrected chi connectivity index (χ1v) is 12.1. The highest BCUT2D eigenvalue weighted by Crippen LogP contribution is 2.36. The Kier molecular flexibility index (Phi) is 3.60. The smallest absolute Gasteiger partial charge is 0.202 e. The molecule has 3 rings (SSSR count). The number of hydrogen-bond acceptors (Lipinski definition) is 2. The number of rotatable bonds is 1. The van der Waals surface area contributed by atoms with Gasteiger partial charge in [-0.05, 0) is 29.4 Å². The van der Waals surface area contributed by atoms with Crippen molar-refractivity contribution in [2.24, 2.45) is 0 Å². The van der Waals surface area contributed by atoms with Gasteiger partial charge < -0.3 is 0 Å². The number of fused-ring (bicyclic) bond motifs is 2. The number of alkyl halides is 2. The van der Waals surface area contributed by atoms with Crippen molar-refractivity contribution in [2.45, 2.75) is 23.8 Å². The van der Waals surface area contributed by atoms with Gasteiger partial charge in [-0.1, -0.05) is 62.7 Å². The molecule has 0 radical (unpaired) electrons. The molecule has 0 atom stereocenters. The molecular formula is C15H14Br2OSSi. The van der Waals surface area contributed by atoms with E-state index in [9.17, 15) is 4.79 Å². The number of carbonyl (C=O) groups is 1. The zero-order valence-corrected chi connectivity index (χ0v) is 16.4. The van der Waals surface area contributed by atoms with Crippen LogP contribution >= 0.6 is 43.2 Å². The minimum Gasteiger partial charge on any atom is -0.288 e. The third-order valence-corrected chi connectivity index (χ3v) is 10.4. The van der Waals surface area contributed by atoms with Crippen molar-refractivity contribution in [2.75, 3.05) is 0 Å². The number of thiophene rings is 1. The van der Waals surface area contributed by atoms with Crippen molar-refractivity contribution in [1.29, 1.82) is 0 Å². The van der Waals surface area contributed by atoms with Crippen LogP contribution in [0.25, 0.3) is 0 Å². The molecule has 1 aliphatic rings. The number of aryl methyl sites for hydroxylation is 1. The first-order chi connectivity index (χ1) is 9.32. The van der Waals surface area contributed by atoms with Crippen LogP contribution in [-0.2, 0) is 0 Å². The monoisotopic (exact) mass is 428 g/mol. The number of hydrogen-bond donors (Lipinski definition) is 0. The predicted molar refractivity (Wildman–Crippen MR) is 96.3 cm³/mol. The van der Waals surface area contributed by atoms with E-state index in [0.29, 0.717) is 0 Å². The fourth-order valence-corrected chi connectivity index (χ4v) is 8.38. The minimum atomic E-state index is -1.77. The summed E-state index contributed by atoms with van der Waals surface area (Å²) >= 11 is 8.70. The van der Waals surface area contributed by atoms with Gasteiger partial charge in [-0.25, -0.2) is 0 Å². The first-order valence-electron chi connectivity index (χ1n) is 6.40. The van der Waals surface area contributed by atoms with Crippen LogP contribution in [-0.4, -0.2) is 13.9 Å². The maximum atomic E-state index is 12.8. The third-order valence-electron chi connectivity index (χ3n) is 3.94. The Labute approximate surface area is 140 Å². The van der Waals surface area contributed by atoms with E-state index in [1.165, 1.54) is 15.3 Å². The van der Waals surface area contributed by atoms with Crippen molar-refractivity contribution in [3.63, 3.8) is 0 Å². The molecule has 0 fully saturated rings. The number of carbonyl (C=O) groups excluding carboxylic acids is 1. The normalized spacial score (nSPS) is 16.2. The summed E-state index contributed by atoms with van der Waals surface area (Å²) in [6.07, 6.45) is 0. The van der Waals surface area contributed by atoms with E-state index in [0.717, 1.165) is 16.0 Å². The fourth-order valence-electron chi connectivity index (χ4n) is 2.81. The molecule has 20 heavy (non-hydrogen) atoms. The Bertz CT molecular complexity index is 719. The Hall–Kier alpha value is -0.233. The Morgan fingerprint density at radius 3 is 2.50 bits per heavy atom. The van der Waals surface area contributed by atoms with Crippen LogP contribution in [0.4, 0.5) is 0 Å². The van der Waals surface area contributed by atoms with Gasteiger partial charge in [-0.3, -0.25) is 4.79 Å². The largest absolute Gasteiger partial charge is 0.288 e. The van der Waals surface area contributed by atoms with Crippen LogP contribution in [0.1, 0.15) is 29.4 Å². The molecular weight excluding hydrogens is 416 g/mol. The second-order valence-electron chi connectivity index (χ2n) is 5.70. The molecule has 1 aromatic carbocycles. The van der Waals surface area contributed by atoms with Gasteiger partial charge in [0, 0.05) is 10.4 Å². The highest BCUT2D eigenvalue weighted by molar-refractivity contribution is 9.24. The SMILES string of the molecule is Cc1ccc2c(c1)C(=O)c1sc(C(Br)Br)cc1[Si]2(C)C. The zero-order valence-electron chi connectivity index (χ0n) is 11.5. The van der Waals surface area contributed by atoms with Crippen molar-refractivity contribution in [1.82, 2.24) is 0 Å². The van der Waals surface area contributed by atoms with E-state index in [-0.39, 0.29) is 9.52 Å². The molecule has 1 nitrogen and oxygen atoms in total. The molecule has 0 saturated heterocycles. The lowest BCUT2D eigenvalue weighted by Gasteiger charge is -2.30. The van der Waals surface area contributed by atoms with Gasteiger partial charge in [0.1, 0.15) is 11.8 Å². The average Bonchev–Trinajstić information content (AvgIpc) is 2.82. The molecule has 0 aliphatic carbocycles. The maximum Gasteiger partial charge on any atom is 0.202 e. The van der Waals surface area contributed by atoms with Crippen molar-refractivity contribution in [3.05, 3.63) is 45.1 Å². The molecule has 0 spiro atoms. The molecule has 2 heterocycles. The molecule has 2 aromatic rings. The zero-order chi connectivity index (χ0) is 14.7. The van der Waals surface area contributed by atoms with E-state index >= 15 is 0 Å². The average molecular weight is 430 g/mol. The molecule has 0 unspecified atom stereocenters. The second kappa shape index (κ2) is 4.90. The Morgan fingerprint density at radius 1 is 1.15 bits per heavy atom.